The molecule has 4 N–H and O–H groups in total. The molecule has 7 nitrogen and oxygen atoms in total. The molecule has 0 saturated carbocycles. The number of benzene rings is 2. The lowest BCUT2D eigenvalue weighted by Crippen LogP contribution is -2.44. The molecule has 0 bridgehead atoms. The molecule has 158 valence electrons. The predicted octanol–water partition coefficient (Wildman–Crippen LogP) is 4.51. The monoisotopic (exact) mass is 431 g/mol. The Balaban J connectivity index is 1.37. The molecule has 31 heavy (non-hydrogen) atoms. The van der Waals surface area contributed by atoms with E-state index < -0.39 is 0 Å². The van der Waals surface area contributed by atoms with E-state index in [-0.39, 0.29) is 0 Å². The molecule has 0 radical (unpaired) electrons. The quantitative estimate of drug-likeness (QED) is 0.401. The molecular weight excluding hydrogens is 406 g/mol. The summed E-state index contributed by atoms with van der Waals surface area (Å²) >= 11 is 1.61. The molecular formula is C23H25N7S. The third kappa shape index (κ3) is 4.26. The Hall–Kier alpha value is -3.36. The van der Waals surface area contributed by atoms with Gasteiger partial charge in [0.1, 0.15) is 0 Å². The normalized spacial score (nSPS) is 14.7. The van der Waals surface area contributed by atoms with Gasteiger partial charge in [-0.2, -0.15) is 4.98 Å². The summed E-state index contributed by atoms with van der Waals surface area (Å²) in [6.45, 7) is 4.30. The van der Waals surface area contributed by atoms with E-state index in [0.29, 0.717) is 11.6 Å². The Kier molecular flexibility index (Phi) is 5.31. The summed E-state index contributed by atoms with van der Waals surface area (Å²) in [6, 6.07) is 18.2. The molecule has 0 atom stereocenters. The molecule has 2 aromatic heterocycles. The summed E-state index contributed by atoms with van der Waals surface area (Å²) in [5, 5.41) is 8.74. The number of para-hydroxylation sites is 2. The summed E-state index contributed by atoms with van der Waals surface area (Å²) in [4.78, 5) is 14.2. The van der Waals surface area contributed by atoms with Gasteiger partial charge in [-0.05, 0) is 54.9 Å². The maximum Gasteiger partial charge on any atom is 0.229 e. The summed E-state index contributed by atoms with van der Waals surface area (Å²) in [5.41, 5.74) is 10.7. The van der Waals surface area contributed by atoms with E-state index in [4.69, 9.17) is 10.7 Å². The third-order valence-electron chi connectivity index (χ3n) is 5.51. The lowest BCUT2D eigenvalue weighted by atomic mass is 10.2. The molecule has 0 unspecified atom stereocenters. The van der Waals surface area contributed by atoms with Crippen LogP contribution in [-0.4, -0.2) is 48.1 Å². The number of nitrogen functional groups attached to an aromatic ring is 1. The minimum atomic E-state index is 0.551. The number of likely N-dealkylation sites (N-methyl/N-ethyl adjacent to an activating group) is 1. The average molecular weight is 432 g/mol. The minimum absolute atomic E-state index is 0.551. The van der Waals surface area contributed by atoms with Gasteiger partial charge in [0, 0.05) is 37.6 Å². The van der Waals surface area contributed by atoms with Gasteiger partial charge in [-0.3, -0.25) is 0 Å². The number of hydrogen-bond acceptors (Lipinski definition) is 8. The molecule has 3 heterocycles. The zero-order valence-electron chi connectivity index (χ0n) is 17.4. The van der Waals surface area contributed by atoms with E-state index >= 15 is 0 Å². The van der Waals surface area contributed by atoms with Crippen molar-refractivity contribution in [1.82, 2.24) is 14.9 Å². The Morgan fingerprint density at radius 3 is 2.45 bits per heavy atom. The number of anilines is 6. The van der Waals surface area contributed by atoms with Gasteiger partial charge < -0.3 is 26.2 Å². The minimum Gasteiger partial charge on any atom is -0.397 e. The highest BCUT2D eigenvalue weighted by molar-refractivity contribution is 7.17. The van der Waals surface area contributed by atoms with Crippen molar-refractivity contribution < 1.29 is 0 Å². The number of thiophene rings is 1. The van der Waals surface area contributed by atoms with Crippen LogP contribution in [-0.2, 0) is 0 Å². The highest BCUT2D eigenvalue weighted by Gasteiger charge is 2.15. The number of nitrogens with one attached hydrogen (secondary N) is 2. The van der Waals surface area contributed by atoms with Crippen molar-refractivity contribution in [2.24, 2.45) is 0 Å². The van der Waals surface area contributed by atoms with Crippen molar-refractivity contribution in [2.45, 2.75) is 0 Å². The Bertz CT molecular complexity index is 1180. The van der Waals surface area contributed by atoms with Crippen molar-refractivity contribution in [1.29, 1.82) is 0 Å². The molecule has 0 amide bonds. The number of aromatic nitrogens is 2. The largest absolute Gasteiger partial charge is 0.397 e. The fourth-order valence-corrected chi connectivity index (χ4v) is 4.47. The number of fused-ring (bicyclic) bond motifs is 1. The topological polar surface area (TPSA) is 82.3 Å². The fraction of sp³-hybridized carbons (Fsp3) is 0.217. The van der Waals surface area contributed by atoms with Crippen molar-refractivity contribution in [3.8, 4) is 0 Å². The van der Waals surface area contributed by atoms with E-state index in [9.17, 15) is 0 Å². The highest BCUT2D eigenvalue weighted by atomic mass is 32.1. The van der Waals surface area contributed by atoms with E-state index in [1.807, 2.05) is 35.7 Å². The first-order valence-electron chi connectivity index (χ1n) is 10.3. The van der Waals surface area contributed by atoms with Gasteiger partial charge in [0.05, 0.1) is 21.6 Å². The lowest BCUT2D eigenvalue weighted by Gasteiger charge is -2.34. The first-order valence-corrected chi connectivity index (χ1v) is 11.2. The van der Waals surface area contributed by atoms with E-state index in [0.717, 1.165) is 53.6 Å². The second-order valence-corrected chi connectivity index (χ2v) is 8.62. The maximum atomic E-state index is 6.11. The molecule has 0 aliphatic carbocycles. The molecule has 2 aromatic carbocycles. The van der Waals surface area contributed by atoms with E-state index in [1.54, 1.807) is 11.3 Å². The van der Waals surface area contributed by atoms with Crippen LogP contribution in [0.3, 0.4) is 0 Å². The fourth-order valence-electron chi connectivity index (χ4n) is 3.69. The van der Waals surface area contributed by atoms with Crippen LogP contribution in [0.4, 0.5) is 34.5 Å². The van der Waals surface area contributed by atoms with Crippen LogP contribution >= 0.6 is 11.3 Å². The van der Waals surface area contributed by atoms with E-state index in [1.165, 1.54) is 5.69 Å². The number of hydrogen-bond donors (Lipinski definition) is 3. The zero-order chi connectivity index (χ0) is 21.2. The molecule has 1 saturated heterocycles. The molecule has 8 heteroatoms. The first-order chi connectivity index (χ1) is 15.2. The SMILES string of the molecule is CN1CCN(c2ccc(Nc3nc(Nc4ccccc4N)c4sccc4n3)cc2)CC1. The molecule has 5 rings (SSSR count). The number of rotatable bonds is 5. The Labute approximate surface area is 185 Å². The Morgan fingerprint density at radius 1 is 0.903 bits per heavy atom. The molecule has 4 aromatic rings. The van der Waals surface area contributed by atoms with Crippen LogP contribution in [0, 0.1) is 0 Å². The van der Waals surface area contributed by atoms with Gasteiger partial charge in [-0.25, -0.2) is 4.98 Å². The molecule has 1 aliphatic rings. The van der Waals surface area contributed by atoms with Crippen LogP contribution in [0.15, 0.2) is 60.0 Å². The maximum absolute atomic E-state index is 6.11. The summed E-state index contributed by atoms with van der Waals surface area (Å²) in [6.07, 6.45) is 0. The molecule has 1 aliphatic heterocycles. The second-order valence-electron chi connectivity index (χ2n) is 7.71. The smallest absolute Gasteiger partial charge is 0.229 e. The highest BCUT2D eigenvalue weighted by Crippen LogP contribution is 2.32. The van der Waals surface area contributed by atoms with Gasteiger partial charge in [-0.15, -0.1) is 11.3 Å². The van der Waals surface area contributed by atoms with Crippen molar-refractivity contribution in [3.63, 3.8) is 0 Å². The average Bonchev–Trinajstić information content (AvgIpc) is 3.25. The van der Waals surface area contributed by atoms with Crippen LogP contribution in [0.5, 0.6) is 0 Å². The number of nitrogens with two attached hydrogens (primary N) is 1. The van der Waals surface area contributed by atoms with Crippen LogP contribution < -0.4 is 21.3 Å². The van der Waals surface area contributed by atoms with Crippen molar-refractivity contribution in [2.75, 3.05) is 54.5 Å². The Morgan fingerprint density at radius 2 is 1.68 bits per heavy atom. The van der Waals surface area contributed by atoms with Crippen LogP contribution in [0.25, 0.3) is 10.2 Å². The van der Waals surface area contributed by atoms with Gasteiger partial charge in [-0.1, -0.05) is 12.1 Å². The first kappa shape index (κ1) is 19.6. The van der Waals surface area contributed by atoms with Crippen LogP contribution in [0.1, 0.15) is 0 Å². The standard InChI is InChI=1S/C23H25N7S/c1-29-11-13-30(14-12-29)17-8-6-16(7-9-17)25-23-27-20-10-15-31-21(20)22(28-23)26-19-5-3-2-4-18(19)24/h2-10,15H,11-14,24H2,1H3,(H2,25,26,27,28). The van der Waals surface area contributed by atoms with Gasteiger partial charge in [0.15, 0.2) is 5.82 Å². The number of piperazine rings is 1. The van der Waals surface area contributed by atoms with Crippen molar-refractivity contribution >= 4 is 56.1 Å². The van der Waals surface area contributed by atoms with Crippen molar-refractivity contribution in [3.05, 3.63) is 60.0 Å². The van der Waals surface area contributed by atoms with Crippen LogP contribution in [0.2, 0.25) is 0 Å². The molecule has 0 spiro atoms. The van der Waals surface area contributed by atoms with Gasteiger partial charge in [0.2, 0.25) is 5.95 Å². The van der Waals surface area contributed by atoms with Gasteiger partial charge >= 0.3 is 0 Å². The summed E-state index contributed by atoms with van der Waals surface area (Å²) in [7, 11) is 2.17. The second kappa shape index (κ2) is 8.41. The summed E-state index contributed by atoms with van der Waals surface area (Å²) in [5.74, 6) is 1.30. The lowest BCUT2D eigenvalue weighted by molar-refractivity contribution is 0.313. The number of nitrogens with zero attached hydrogens (tertiary/aromatic N) is 4. The third-order valence-corrected chi connectivity index (χ3v) is 6.42. The molecule has 1 fully saturated rings. The summed E-state index contributed by atoms with van der Waals surface area (Å²) < 4.78 is 0.999. The zero-order valence-corrected chi connectivity index (χ0v) is 18.2. The van der Waals surface area contributed by atoms with E-state index in [2.05, 4.69) is 56.7 Å². The predicted molar refractivity (Wildman–Crippen MR) is 131 cm³/mol. The van der Waals surface area contributed by atoms with Gasteiger partial charge in [0.25, 0.3) is 0 Å².